The molecule has 0 fully saturated rings. The van der Waals surface area contributed by atoms with Crippen LogP contribution >= 0.6 is 7.82 Å². The number of hydrogen-bond donors (Lipinski definition) is 2. The molecule has 0 saturated heterocycles. The first-order chi connectivity index (χ1) is 15.4. The summed E-state index contributed by atoms with van der Waals surface area (Å²) in [6, 6.07) is 0. The van der Waals surface area contributed by atoms with E-state index in [0.29, 0.717) is 13.0 Å². The maximum atomic E-state index is 10.7. The largest absolute Gasteiger partial charge is 0.469 e. The van der Waals surface area contributed by atoms with E-state index in [1.54, 1.807) is 0 Å². The molecule has 0 saturated carbocycles. The van der Waals surface area contributed by atoms with Gasteiger partial charge in [0.1, 0.15) is 0 Å². The van der Waals surface area contributed by atoms with E-state index in [9.17, 15) is 4.57 Å². The molecule has 0 aromatic carbocycles. The molecular formula is C25H53O6P. The molecule has 7 heteroatoms. The van der Waals surface area contributed by atoms with Gasteiger partial charge >= 0.3 is 7.82 Å². The molecule has 2 unspecified atom stereocenters. The lowest BCUT2D eigenvalue weighted by Crippen LogP contribution is -2.30. The summed E-state index contributed by atoms with van der Waals surface area (Å²) in [7, 11) is -4.39. The molecule has 0 aromatic heterocycles. The Labute approximate surface area is 198 Å². The SMILES string of the molecule is CCCCCCCCCCCCOC(CCCCCCC)C(C)OCCCOP(=O)(O)O. The molecule has 0 spiro atoms. The molecule has 2 atom stereocenters. The summed E-state index contributed by atoms with van der Waals surface area (Å²) in [5.41, 5.74) is 0. The number of phosphoric ester groups is 1. The lowest BCUT2D eigenvalue weighted by atomic mass is 10.0. The van der Waals surface area contributed by atoms with Crippen molar-refractivity contribution in [3.8, 4) is 0 Å². The topological polar surface area (TPSA) is 85.2 Å². The van der Waals surface area contributed by atoms with E-state index < -0.39 is 7.82 Å². The standard InChI is InChI=1S/C25H53O6P/c1-4-6-8-10-11-12-13-14-16-18-21-30-25(20-17-15-9-7-5-2)24(3)29-22-19-23-31-32(26,27)28/h24-25H,4-23H2,1-3H3,(H2,26,27,28). The van der Waals surface area contributed by atoms with Crippen LogP contribution in [0.15, 0.2) is 0 Å². The van der Waals surface area contributed by atoms with Gasteiger partial charge in [-0.15, -0.1) is 0 Å². The van der Waals surface area contributed by atoms with Gasteiger partial charge in [-0.2, -0.15) is 0 Å². The predicted molar refractivity (Wildman–Crippen MR) is 133 cm³/mol. The molecule has 0 aromatic rings. The zero-order valence-corrected chi connectivity index (χ0v) is 22.2. The highest BCUT2D eigenvalue weighted by Crippen LogP contribution is 2.35. The fourth-order valence-corrected chi connectivity index (χ4v) is 4.21. The summed E-state index contributed by atoms with van der Waals surface area (Å²) in [6.07, 6.45) is 20.9. The third-order valence-corrected chi connectivity index (χ3v) is 6.39. The fraction of sp³-hybridized carbons (Fsp3) is 1.00. The first-order valence-electron chi connectivity index (χ1n) is 13.3. The average Bonchev–Trinajstić information content (AvgIpc) is 2.74. The van der Waals surface area contributed by atoms with Crippen molar-refractivity contribution in [1.82, 2.24) is 0 Å². The molecule has 0 amide bonds. The second kappa shape index (κ2) is 22.8. The second-order valence-corrected chi connectivity index (χ2v) is 10.3. The van der Waals surface area contributed by atoms with Gasteiger partial charge < -0.3 is 19.3 Å². The average molecular weight is 481 g/mol. The van der Waals surface area contributed by atoms with Gasteiger partial charge in [0.05, 0.1) is 18.8 Å². The van der Waals surface area contributed by atoms with Gasteiger partial charge in [0.2, 0.25) is 0 Å². The van der Waals surface area contributed by atoms with E-state index >= 15 is 0 Å². The Morgan fingerprint density at radius 3 is 1.62 bits per heavy atom. The Morgan fingerprint density at radius 2 is 1.09 bits per heavy atom. The normalized spacial score (nSPS) is 14.0. The number of phosphoric acid groups is 1. The third kappa shape index (κ3) is 23.2. The second-order valence-electron chi connectivity index (χ2n) is 9.05. The number of ether oxygens (including phenoxy) is 2. The summed E-state index contributed by atoms with van der Waals surface area (Å²) in [4.78, 5) is 17.5. The van der Waals surface area contributed by atoms with Crippen molar-refractivity contribution in [1.29, 1.82) is 0 Å². The molecule has 194 valence electrons. The summed E-state index contributed by atoms with van der Waals surface area (Å²) in [6.45, 7) is 7.72. The summed E-state index contributed by atoms with van der Waals surface area (Å²) in [5.74, 6) is 0. The van der Waals surface area contributed by atoms with Gasteiger partial charge in [-0.25, -0.2) is 4.57 Å². The van der Waals surface area contributed by atoms with E-state index in [4.69, 9.17) is 19.3 Å². The lowest BCUT2D eigenvalue weighted by molar-refractivity contribution is -0.0717. The Balaban J connectivity index is 4.00. The van der Waals surface area contributed by atoms with Crippen LogP contribution in [0, 0.1) is 0 Å². The van der Waals surface area contributed by atoms with Gasteiger partial charge in [-0.1, -0.05) is 104 Å². The van der Waals surface area contributed by atoms with Gasteiger partial charge in [-0.3, -0.25) is 4.52 Å². The molecule has 0 radical (unpaired) electrons. The van der Waals surface area contributed by atoms with Gasteiger partial charge in [0, 0.05) is 13.2 Å². The van der Waals surface area contributed by atoms with Crippen LogP contribution in [0.3, 0.4) is 0 Å². The van der Waals surface area contributed by atoms with Crippen LogP contribution in [0.5, 0.6) is 0 Å². The highest BCUT2D eigenvalue weighted by atomic mass is 31.2. The van der Waals surface area contributed by atoms with Crippen LogP contribution in [0.1, 0.15) is 130 Å². The van der Waals surface area contributed by atoms with Crippen LogP contribution < -0.4 is 0 Å². The number of rotatable bonds is 25. The minimum Gasteiger partial charge on any atom is -0.376 e. The Kier molecular flexibility index (Phi) is 22.8. The summed E-state index contributed by atoms with van der Waals surface area (Å²) >= 11 is 0. The van der Waals surface area contributed by atoms with Crippen molar-refractivity contribution in [3.05, 3.63) is 0 Å². The summed E-state index contributed by atoms with van der Waals surface area (Å²) in [5, 5.41) is 0. The highest BCUT2D eigenvalue weighted by Gasteiger charge is 2.19. The number of unbranched alkanes of at least 4 members (excludes halogenated alkanes) is 13. The highest BCUT2D eigenvalue weighted by molar-refractivity contribution is 7.46. The molecule has 2 N–H and O–H groups in total. The van der Waals surface area contributed by atoms with Crippen LogP contribution in [0.2, 0.25) is 0 Å². The summed E-state index contributed by atoms with van der Waals surface area (Å²) < 4.78 is 27.3. The van der Waals surface area contributed by atoms with E-state index in [2.05, 4.69) is 18.4 Å². The van der Waals surface area contributed by atoms with E-state index in [1.165, 1.54) is 83.5 Å². The van der Waals surface area contributed by atoms with Gasteiger partial charge in [-0.05, 0) is 26.2 Å². The van der Waals surface area contributed by atoms with Gasteiger partial charge in [0.15, 0.2) is 0 Å². The Morgan fingerprint density at radius 1 is 0.625 bits per heavy atom. The molecule has 6 nitrogen and oxygen atoms in total. The fourth-order valence-electron chi connectivity index (χ4n) is 3.85. The van der Waals surface area contributed by atoms with Crippen LogP contribution in [-0.4, -0.2) is 41.8 Å². The van der Waals surface area contributed by atoms with E-state index in [1.807, 2.05) is 6.92 Å². The molecular weight excluding hydrogens is 427 g/mol. The van der Waals surface area contributed by atoms with E-state index in [0.717, 1.165) is 25.9 Å². The van der Waals surface area contributed by atoms with Crippen LogP contribution in [-0.2, 0) is 18.6 Å². The first-order valence-corrected chi connectivity index (χ1v) is 14.9. The van der Waals surface area contributed by atoms with Crippen molar-refractivity contribution >= 4 is 7.82 Å². The van der Waals surface area contributed by atoms with Crippen molar-refractivity contribution in [2.45, 2.75) is 142 Å². The third-order valence-electron chi connectivity index (χ3n) is 5.87. The van der Waals surface area contributed by atoms with Crippen molar-refractivity contribution in [2.24, 2.45) is 0 Å². The molecule has 0 heterocycles. The van der Waals surface area contributed by atoms with Gasteiger partial charge in [0.25, 0.3) is 0 Å². The molecule has 0 bridgehead atoms. The maximum absolute atomic E-state index is 10.7. The quantitative estimate of drug-likeness (QED) is 0.104. The van der Waals surface area contributed by atoms with Crippen molar-refractivity contribution < 1.29 is 28.3 Å². The van der Waals surface area contributed by atoms with E-state index in [-0.39, 0.29) is 18.8 Å². The van der Waals surface area contributed by atoms with Crippen LogP contribution in [0.25, 0.3) is 0 Å². The number of hydrogen-bond acceptors (Lipinski definition) is 4. The van der Waals surface area contributed by atoms with Crippen LogP contribution in [0.4, 0.5) is 0 Å². The van der Waals surface area contributed by atoms with Crippen molar-refractivity contribution in [2.75, 3.05) is 19.8 Å². The Bertz CT molecular complexity index is 429. The first kappa shape index (κ1) is 32.0. The molecule has 0 aliphatic heterocycles. The maximum Gasteiger partial charge on any atom is 0.469 e. The smallest absolute Gasteiger partial charge is 0.376 e. The van der Waals surface area contributed by atoms with Crippen molar-refractivity contribution in [3.63, 3.8) is 0 Å². The monoisotopic (exact) mass is 480 g/mol. The minimum atomic E-state index is -4.39. The minimum absolute atomic E-state index is 0.00184. The zero-order valence-electron chi connectivity index (χ0n) is 21.3. The molecule has 0 rings (SSSR count). The Hall–Kier alpha value is 0.0300. The predicted octanol–water partition coefficient (Wildman–Crippen LogP) is 7.56. The molecule has 0 aliphatic rings. The molecule has 32 heavy (non-hydrogen) atoms. The lowest BCUT2D eigenvalue weighted by Gasteiger charge is -2.25. The molecule has 0 aliphatic carbocycles. The zero-order chi connectivity index (χ0) is 23.9.